The zero-order chi connectivity index (χ0) is 11.4. The number of nitrogens with two attached hydrogens (primary N) is 1. The van der Waals surface area contributed by atoms with Crippen molar-refractivity contribution in [2.75, 3.05) is 5.32 Å². The van der Waals surface area contributed by atoms with Crippen LogP contribution in [0.15, 0.2) is 28.2 Å². The molecule has 0 radical (unpaired) electrons. The summed E-state index contributed by atoms with van der Waals surface area (Å²) in [5.41, 5.74) is 6.76. The molecule has 3 N–H and O–H groups in total. The fraction of sp³-hybridized carbons (Fsp3) is 0.364. The Morgan fingerprint density at radius 2 is 2.50 bits per heavy atom. The highest BCUT2D eigenvalue weighted by molar-refractivity contribution is 7.13. The summed E-state index contributed by atoms with van der Waals surface area (Å²) in [5, 5.41) is 6.16. The van der Waals surface area contributed by atoms with Crippen molar-refractivity contribution in [1.82, 2.24) is 4.98 Å². The lowest BCUT2D eigenvalue weighted by molar-refractivity contribution is 0.518. The molecule has 16 heavy (non-hydrogen) atoms. The number of furan rings is 1. The van der Waals surface area contributed by atoms with E-state index in [1.165, 1.54) is 0 Å². The van der Waals surface area contributed by atoms with E-state index in [-0.39, 0.29) is 6.04 Å². The minimum atomic E-state index is 0.153. The van der Waals surface area contributed by atoms with E-state index in [1.54, 1.807) is 17.6 Å². The third-order valence-electron chi connectivity index (χ3n) is 2.08. The maximum Gasteiger partial charge on any atom is 0.183 e. The van der Waals surface area contributed by atoms with Crippen LogP contribution in [0.25, 0.3) is 0 Å². The van der Waals surface area contributed by atoms with Gasteiger partial charge in [0.15, 0.2) is 5.13 Å². The average Bonchev–Trinajstić information content (AvgIpc) is 2.84. The minimum Gasteiger partial charge on any atom is -0.467 e. The lowest BCUT2D eigenvalue weighted by Gasteiger charge is -2.00. The van der Waals surface area contributed by atoms with Gasteiger partial charge in [0.05, 0.1) is 18.5 Å². The molecular weight excluding hydrogens is 222 g/mol. The molecule has 2 rings (SSSR count). The molecule has 0 aliphatic carbocycles. The van der Waals surface area contributed by atoms with E-state index in [4.69, 9.17) is 10.2 Å². The minimum absolute atomic E-state index is 0.153. The summed E-state index contributed by atoms with van der Waals surface area (Å²) < 4.78 is 5.22. The summed E-state index contributed by atoms with van der Waals surface area (Å²) in [4.78, 5) is 4.44. The smallest absolute Gasteiger partial charge is 0.183 e. The summed E-state index contributed by atoms with van der Waals surface area (Å²) in [7, 11) is 0. The number of aromatic nitrogens is 1. The van der Waals surface area contributed by atoms with Crippen LogP contribution in [0.1, 0.15) is 18.4 Å². The molecule has 0 spiro atoms. The van der Waals surface area contributed by atoms with Crippen LogP contribution in [0.5, 0.6) is 0 Å². The monoisotopic (exact) mass is 237 g/mol. The van der Waals surface area contributed by atoms with E-state index in [9.17, 15) is 0 Å². The van der Waals surface area contributed by atoms with Crippen LogP contribution in [0, 0.1) is 0 Å². The summed E-state index contributed by atoms with van der Waals surface area (Å²) in [5.74, 6) is 0.906. The first kappa shape index (κ1) is 11.2. The molecule has 0 saturated carbocycles. The summed E-state index contributed by atoms with van der Waals surface area (Å²) >= 11 is 1.59. The van der Waals surface area contributed by atoms with Crippen LogP contribution < -0.4 is 11.1 Å². The predicted octanol–water partition coefficient (Wildman–Crippen LogP) is 2.24. The quantitative estimate of drug-likeness (QED) is 0.837. The Hall–Kier alpha value is -1.33. The Morgan fingerprint density at radius 1 is 1.62 bits per heavy atom. The first-order valence-corrected chi connectivity index (χ1v) is 6.08. The Balaban J connectivity index is 1.88. The third-order valence-corrected chi connectivity index (χ3v) is 2.93. The van der Waals surface area contributed by atoms with Gasteiger partial charge < -0.3 is 15.5 Å². The molecule has 0 aliphatic heterocycles. The fourth-order valence-corrected chi connectivity index (χ4v) is 2.11. The summed E-state index contributed by atoms with van der Waals surface area (Å²) in [6.45, 7) is 2.65. The molecule has 0 aromatic carbocycles. The van der Waals surface area contributed by atoms with Crippen LogP contribution in [0.4, 0.5) is 5.13 Å². The molecule has 86 valence electrons. The third kappa shape index (κ3) is 3.08. The van der Waals surface area contributed by atoms with Gasteiger partial charge in [-0.25, -0.2) is 4.98 Å². The van der Waals surface area contributed by atoms with E-state index in [0.717, 1.165) is 23.0 Å². The zero-order valence-corrected chi connectivity index (χ0v) is 9.96. The van der Waals surface area contributed by atoms with E-state index in [1.807, 2.05) is 24.4 Å². The van der Waals surface area contributed by atoms with Crippen LogP contribution >= 0.6 is 11.3 Å². The van der Waals surface area contributed by atoms with Gasteiger partial charge in [-0.3, -0.25) is 0 Å². The van der Waals surface area contributed by atoms with Gasteiger partial charge in [0.25, 0.3) is 0 Å². The van der Waals surface area contributed by atoms with E-state index in [2.05, 4.69) is 10.3 Å². The van der Waals surface area contributed by atoms with E-state index < -0.39 is 0 Å². The molecule has 0 bridgehead atoms. The molecule has 1 unspecified atom stereocenters. The Labute approximate surface area is 98.5 Å². The van der Waals surface area contributed by atoms with E-state index in [0.29, 0.717) is 6.54 Å². The standard InChI is InChI=1S/C11H15N3OS/c1-8(12)5-9-7-16-11(14-9)13-6-10-3-2-4-15-10/h2-4,7-8H,5-6,12H2,1H3,(H,13,14). The topological polar surface area (TPSA) is 64.1 Å². The molecular formula is C11H15N3OS. The van der Waals surface area contributed by atoms with Gasteiger partial charge in [-0.15, -0.1) is 11.3 Å². The second kappa shape index (κ2) is 5.14. The van der Waals surface area contributed by atoms with Gasteiger partial charge in [-0.1, -0.05) is 0 Å². The summed E-state index contributed by atoms with van der Waals surface area (Å²) in [6, 6.07) is 3.96. The molecule has 2 heterocycles. The van der Waals surface area contributed by atoms with Crippen molar-refractivity contribution < 1.29 is 4.42 Å². The van der Waals surface area contributed by atoms with Gasteiger partial charge in [-0.2, -0.15) is 0 Å². The Morgan fingerprint density at radius 3 is 3.19 bits per heavy atom. The van der Waals surface area contributed by atoms with Crippen LogP contribution in [-0.2, 0) is 13.0 Å². The summed E-state index contributed by atoms with van der Waals surface area (Å²) in [6.07, 6.45) is 2.49. The number of rotatable bonds is 5. The van der Waals surface area contributed by atoms with Gasteiger partial charge in [0, 0.05) is 17.8 Å². The van der Waals surface area contributed by atoms with Crippen LogP contribution in [0.3, 0.4) is 0 Å². The fourth-order valence-electron chi connectivity index (χ4n) is 1.39. The van der Waals surface area contributed by atoms with Crippen molar-refractivity contribution in [3.05, 3.63) is 35.2 Å². The SMILES string of the molecule is CC(N)Cc1csc(NCc2ccco2)n1. The predicted molar refractivity (Wildman–Crippen MR) is 65.5 cm³/mol. The molecule has 4 nitrogen and oxygen atoms in total. The average molecular weight is 237 g/mol. The number of nitrogens with one attached hydrogen (secondary N) is 1. The normalized spacial score (nSPS) is 12.6. The molecule has 1 atom stereocenters. The second-order valence-electron chi connectivity index (χ2n) is 3.76. The van der Waals surface area contributed by atoms with Crippen molar-refractivity contribution in [3.63, 3.8) is 0 Å². The maximum atomic E-state index is 5.71. The van der Waals surface area contributed by atoms with Crippen molar-refractivity contribution in [1.29, 1.82) is 0 Å². The van der Waals surface area contributed by atoms with Crippen molar-refractivity contribution in [2.45, 2.75) is 25.9 Å². The van der Waals surface area contributed by atoms with Gasteiger partial charge in [0.2, 0.25) is 0 Å². The first-order chi connectivity index (χ1) is 7.74. The number of anilines is 1. The second-order valence-corrected chi connectivity index (χ2v) is 4.62. The molecule has 5 heteroatoms. The lowest BCUT2D eigenvalue weighted by atomic mass is 10.2. The van der Waals surface area contributed by atoms with Crippen LogP contribution in [-0.4, -0.2) is 11.0 Å². The number of hydrogen-bond acceptors (Lipinski definition) is 5. The lowest BCUT2D eigenvalue weighted by Crippen LogP contribution is -2.17. The number of nitrogens with zero attached hydrogens (tertiary/aromatic N) is 1. The van der Waals surface area contributed by atoms with Crippen molar-refractivity contribution in [3.8, 4) is 0 Å². The highest BCUT2D eigenvalue weighted by Gasteiger charge is 2.04. The zero-order valence-electron chi connectivity index (χ0n) is 9.14. The molecule has 0 saturated heterocycles. The largest absolute Gasteiger partial charge is 0.467 e. The van der Waals surface area contributed by atoms with Crippen molar-refractivity contribution >= 4 is 16.5 Å². The molecule has 0 amide bonds. The Bertz CT molecular complexity index is 422. The van der Waals surface area contributed by atoms with Crippen LogP contribution in [0.2, 0.25) is 0 Å². The van der Waals surface area contributed by atoms with Gasteiger partial charge in [-0.05, 0) is 19.1 Å². The molecule has 0 fully saturated rings. The molecule has 2 aromatic heterocycles. The first-order valence-electron chi connectivity index (χ1n) is 5.20. The molecule has 2 aromatic rings. The molecule has 0 aliphatic rings. The van der Waals surface area contributed by atoms with E-state index >= 15 is 0 Å². The highest BCUT2D eigenvalue weighted by atomic mass is 32.1. The maximum absolute atomic E-state index is 5.71. The highest BCUT2D eigenvalue weighted by Crippen LogP contribution is 2.17. The van der Waals surface area contributed by atoms with Gasteiger partial charge >= 0.3 is 0 Å². The van der Waals surface area contributed by atoms with Gasteiger partial charge in [0.1, 0.15) is 5.76 Å². The number of thiazole rings is 1. The number of hydrogen-bond donors (Lipinski definition) is 2. The Kier molecular flexibility index (Phi) is 3.58. The van der Waals surface area contributed by atoms with Crippen molar-refractivity contribution in [2.24, 2.45) is 5.73 Å².